The molecule has 15 heavy (non-hydrogen) atoms. The van der Waals surface area contributed by atoms with Gasteiger partial charge in [0.15, 0.2) is 0 Å². The highest BCUT2D eigenvalue weighted by Gasteiger charge is 2.28. The Morgan fingerprint density at radius 1 is 1.47 bits per heavy atom. The fraction of sp³-hybridized carbons (Fsp3) is 1.00. The molecule has 1 rings (SSSR count). The molecule has 5 heteroatoms. The number of piperidine rings is 1. The molecule has 0 aliphatic carbocycles. The van der Waals surface area contributed by atoms with Crippen molar-refractivity contribution in [1.29, 1.82) is 0 Å². The van der Waals surface area contributed by atoms with Crippen LogP contribution in [0.25, 0.3) is 0 Å². The highest BCUT2D eigenvalue weighted by atomic mass is 32.2. The number of rotatable bonds is 3. The molecule has 0 spiro atoms. The molecule has 0 saturated carbocycles. The maximum atomic E-state index is 11.4. The summed E-state index contributed by atoms with van der Waals surface area (Å²) in [7, 11) is -3.02. The van der Waals surface area contributed by atoms with Gasteiger partial charge in [-0.1, -0.05) is 0 Å². The Bertz CT molecular complexity index is 306. The highest BCUT2D eigenvalue weighted by molar-refractivity contribution is 7.88. The summed E-state index contributed by atoms with van der Waals surface area (Å²) in [6, 6.07) is 0. The lowest BCUT2D eigenvalue weighted by Crippen LogP contribution is -2.43. The first-order valence-corrected chi connectivity index (χ1v) is 7.27. The van der Waals surface area contributed by atoms with Crippen molar-refractivity contribution in [2.45, 2.75) is 38.6 Å². The minimum atomic E-state index is -3.02. The van der Waals surface area contributed by atoms with E-state index in [4.69, 9.17) is 5.73 Å². The van der Waals surface area contributed by atoms with Crippen molar-refractivity contribution in [1.82, 2.24) is 4.31 Å². The summed E-state index contributed by atoms with van der Waals surface area (Å²) in [5.74, 6) is 0.411. The molecule has 1 aliphatic heterocycles. The molecule has 0 aromatic heterocycles. The second-order valence-corrected chi connectivity index (χ2v) is 7.30. The summed E-state index contributed by atoms with van der Waals surface area (Å²) in [4.78, 5) is 0. The summed E-state index contributed by atoms with van der Waals surface area (Å²) in [6.45, 7) is 5.29. The summed E-state index contributed by atoms with van der Waals surface area (Å²) in [6.07, 6.45) is 4.21. The van der Waals surface area contributed by atoms with Crippen LogP contribution < -0.4 is 5.73 Å². The Balaban J connectivity index is 2.57. The molecule has 0 bridgehead atoms. The van der Waals surface area contributed by atoms with Crippen LogP contribution in [0.3, 0.4) is 0 Å². The van der Waals surface area contributed by atoms with Gasteiger partial charge < -0.3 is 5.73 Å². The molecule has 0 aromatic carbocycles. The van der Waals surface area contributed by atoms with Crippen LogP contribution >= 0.6 is 0 Å². The molecular formula is C10H22N2O2S. The Hall–Kier alpha value is -0.130. The topological polar surface area (TPSA) is 63.4 Å². The standard InChI is InChI=1S/C10H22N2O2S/c1-10(2,11)7-9-5-4-6-12(8-9)15(3,13)14/h9H,4-8,11H2,1-3H3. The van der Waals surface area contributed by atoms with Crippen molar-refractivity contribution in [3.8, 4) is 0 Å². The van der Waals surface area contributed by atoms with E-state index in [1.165, 1.54) is 6.26 Å². The van der Waals surface area contributed by atoms with Crippen molar-refractivity contribution in [2.24, 2.45) is 11.7 Å². The Morgan fingerprint density at radius 2 is 2.07 bits per heavy atom. The second kappa shape index (κ2) is 4.39. The van der Waals surface area contributed by atoms with Gasteiger partial charge in [-0.2, -0.15) is 0 Å². The minimum Gasteiger partial charge on any atom is -0.326 e. The molecule has 1 unspecified atom stereocenters. The summed E-state index contributed by atoms with van der Waals surface area (Å²) >= 11 is 0. The first-order chi connectivity index (χ1) is 6.68. The van der Waals surface area contributed by atoms with E-state index < -0.39 is 10.0 Å². The number of nitrogens with zero attached hydrogens (tertiary/aromatic N) is 1. The SMILES string of the molecule is CC(C)(N)CC1CCCN(S(C)(=O)=O)C1. The van der Waals surface area contributed by atoms with Crippen molar-refractivity contribution in [3.05, 3.63) is 0 Å². The maximum absolute atomic E-state index is 11.4. The van der Waals surface area contributed by atoms with E-state index in [1.54, 1.807) is 4.31 Å². The summed E-state index contributed by atoms with van der Waals surface area (Å²) in [5, 5.41) is 0. The third-order valence-electron chi connectivity index (χ3n) is 2.77. The van der Waals surface area contributed by atoms with E-state index in [1.807, 2.05) is 13.8 Å². The zero-order chi connectivity index (χ0) is 11.7. The molecule has 90 valence electrons. The van der Waals surface area contributed by atoms with E-state index in [0.717, 1.165) is 19.3 Å². The predicted octanol–water partition coefficient (Wildman–Crippen LogP) is 0.785. The van der Waals surface area contributed by atoms with E-state index in [-0.39, 0.29) is 5.54 Å². The van der Waals surface area contributed by atoms with Crippen molar-refractivity contribution in [3.63, 3.8) is 0 Å². The average Bonchev–Trinajstić information content (AvgIpc) is 1.99. The largest absolute Gasteiger partial charge is 0.326 e. The predicted molar refractivity (Wildman–Crippen MR) is 62.0 cm³/mol. The normalized spacial score (nSPS) is 25.5. The third kappa shape index (κ3) is 4.49. The van der Waals surface area contributed by atoms with Gasteiger partial charge in [-0.25, -0.2) is 12.7 Å². The van der Waals surface area contributed by atoms with Crippen LogP contribution in [-0.2, 0) is 10.0 Å². The minimum absolute atomic E-state index is 0.203. The number of hydrogen-bond acceptors (Lipinski definition) is 3. The maximum Gasteiger partial charge on any atom is 0.211 e. The van der Waals surface area contributed by atoms with Crippen molar-refractivity contribution >= 4 is 10.0 Å². The second-order valence-electron chi connectivity index (χ2n) is 5.32. The molecule has 1 heterocycles. The van der Waals surface area contributed by atoms with Gasteiger partial charge >= 0.3 is 0 Å². The van der Waals surface area contributed by atoms with Crippen molar-refractivity contribution in [2.75, 3.05) is 19.3 Å². The van der Waals surface area contributed by atoms with Gasteiger partial charge in [0, 0.05) is 18.6 Å². The first kappa shape index (κ1) is 12.9. The van der Waals surface area contributed by atoms with Crippen LogP contribution in [-0.4, -0.2) is 37.6 Å². The van der Waals surface area contributed by atoms with E-state index in [9.17, 15) is 8.42 Å². The van der Waals surface area contributed by atoms with Gasteiger partial charge in [0.1, 0.15) is 0 Å². The molecule has 0 aromatic rings. The van der Waals surface area contributed by atoms with Gasteiger partial charge in [0.2, 0.25) is 10.0 Å². The molecule has 1 saturated heterocycles. The van der Waals surface area contributed by atoms with Crippen LogP contribution in [0.4, 0.5) is 0 Å². The third-order valence-corrected chi connectivity index (χ3v) is 4.04. The first-order valence-electron chi connectivity index (χ1n) is 5.42. The van der Waals surface area contributed by atoms with Crippen LogP contribution in [0.2, 0.25) is 0 Å². The summed E-state index contributed by atoms with van der Waals surface area (Å²) in [5.41, 5.74) is 5.75. The van der Waals surface area contributed by atoms with E-state index in [2.05, 4.69) is 0 Å². The number of nitrogens with two attached hydrogens (primary N) is 1. The highest BCUT2D eigenvalue weighted by Crippen LogP contribution is 2.25. The molecule has 0 amide bonds. The molecule has 2 N–H and O–H groups in total. The van der Waals surface area contributed by atoms with Gasteiger partial charge in [-0.15, -0.1) is 0 Å². The molecule has 1 aliphatic rings. The Labute approximate surface area is 92.9 Å². The van der Waals surface area contributed by atoms with Crippen LogP contribution in [0.1, 0.15) is 33.1 Å². The lowest BCUT2D eigenvalue weighted by atomic mass is 9.87. The smallest absolute Gasteiger partial charge is 0.211 e. The molecule has 0 radical (unpaired) electrons. The Morgan fingerprint density at radius 3 is 2.53 bits per heavy atom. The molecular weight excluding hydrogens is 212 g/mol. The molecule has 1 fully saturated rings. The van der Waals surface area contributed by atoms with Crippen LogP contribution in [0, 0.1) is 5.92 Å². The van der Waals surface area contributed by atoms with Gasteiger partial charge in [-0.05, 0) is 39.0 Å². The molecule has 1 atom stereocenters. The van der Waals surface area contributed by atoms with Crippen LogP contribution in [0.15, 0.2) is 0 Å². The molecule has 4 nitrogen and oxygen atoms in total. The van der Waals surface area contributed by atoms with Crippen LogP contribution in [0.5, 0.6) is 0 Å². The zero-order valence-corrected chi connectivity index (χ0v) is 10.7. The van der Waals surface area contributed by atoms with E-state index >= 15 is 0 Å². The van der Waals surface area contributed by atoms with Gasteiger partial charge in [-0.3, -0.25) is 0 Å². The van der Waals surface area contributed by atoms with E-state index in [0.29, 0.717) is 19.0 Å². The lowest BCUT2D eigenvalue weighted by Gasteiger charge is -2.34. The van der Waals surface area contributed by atoms with Gasteiger partial charge in [0.25, 0.3) is 0 Å². The number of hydrogen-bond donors (Lipinski definition) is 1. The Kier molecular flexibility index (Phi) is 3.79. The zero-order valence-electron chi connectivity index (χ0n) is 9.86. The summed E-state index contributed by atoms with van der Waals surface area (Å²) < 4.78 is 24.4. The quantitative estimate of drug-likeness (QED) is 0.785. The fourth-order valence-electron chi connectivity index (χ4n) is 2.24. The monoisotopic (exact) mass is 234 g/mol. The lowest BCUT2D eigenvalue weighted by molar-refractivity contribution is 0.227. The van der Waals surface area contributed by atoms with Crippen molar-refractivity contribution < 1.29 is 8.42 Å². The van der Waals surface area contributed by atoms with Gasteiger partial charge in [0.05, 0.1) is 6.26 Å². The number of sulfonamides is 1. The average molecular weight is 234 g/mol. The fourth-order valence-corrected chi connectivity index (χ4v) is 3.18.